The summed E-state index contributed by atoms with van der Waals surface area (Å²) in [5, 5.41) is 0. The van der Waals surface area contributed by atoms with Crippen LogP contribution in [0.15, 0.2) is 224 Å². The van der Waals surface area contributed by atoms with E-state index in [0.29, 0.717) is 5.82 Å². The lowest BCUT2D eigenvalue weighted by Crippen LogP contribution is -2.38. The van der Waals surface area contributed by atoms with Crippen molar-refractivity contribution in [2.75, 3.05) is 9.80 Å². The maximum Gasteiger partial charge on any atom is 0.143 e. The Labute approximate surface area is 345 Å². The second-order valence-corrected chi connectivity index (χ2v) is 15.3. The third kappa shape index (κ3) is 5.09. The van der Waals surface area contributed by atoms with Crippen LogP contribution in [0.3, 0.4) is 0 Å². The van der Waals surface area contributed by atoms with Crippen molar-refractivity contribution >= 4 is 34.4 Å². The third-order valence-corrected chi connectivity index (χ3v) is 12.3. The molecule has 4 nitrogen and oxygen atoms in total. The lowest BCUT2D eigenvalue weighted by molar-refractivity contribution is 0.728. The van der Waals surface area contributed by atoms with Crippen molar-refractivity contribution in [3.8, 4) is 0 Å². The molecule has 3 heterocycles. The molecular formula is C55H40N4. The number of benzene rings is 8. The molecule has 0 aliphatic carbocycles. The van der Waals surface area contributed by atoms with Gasteiger partial charge in [-0.2, -0.15) is 0 Å². The number of aromatic nitrogens is 2. The molecule has 0 amide bonds. The van der Waals surface area contributed by atoms with E-state index in [1.54, 1.807) is 0 Å². The van der Waals surface area contributed by atoms with Gasteiger partial charge in [0, 0.05) is 6.07 Å². The SMILES string of the molecule is Cc1nc(N2c3ccccc3C(c3ccccc3)(c3ccccc3)c3ccccc32)cc(N2c3ccccc3C(c3ccccc3)(c3ccccc3)c3ccccc32)n1. The summed E-state index contributed by atoms with van der Waals surface area (Å²) in [6.45, 7) is 2.01. The predicted octanol–water partition coefficient (Wildman–Crippen LogP) is 13.1. The maximum atomic E-state index is 5.27. The van der Waals surface area contributed by atoms with Crippen LogP contribution in [0.2, 0.25) is 0 Å². The minimum Gasteiger partial charge on any atom is -0.294 e. The summed E-state index contributed by atoms with van der Waals surface area (Å²) in [5.41, 5.74) is 12.8. The Balaban J connectivity index is 1.16. The van der Waals surface area contributed by atoms with Crippen LogP contribution in [0.25, 0.3) is 0 Å². The number of hydrogen-bond donors (Lipinski definition) is 0. The highest BCUT2D eigenvalue weighted by atomic mass is 15.3. The van der Waals surface area contributed by atoms with Crippen molar-refractivity contribution in [3.05, 3.63) is 275 Å². The zero-order valence-corrected chi connectivity index (χ0v) is 32.7. The largest absolute Gasteiger partial charge is 0.294 e. The van der Waals surface area contributed by atoms with Gasteiger partial charge in [0.25, 0.3) is 0 Å². The number of rotatable bonds is 6. The molecule has 0 N–H and O–H groups in total. The van der Waals surface area contributed by atoms with E-state index in [1.807, 2.05) is 6.92 Å². The van der Waals surface area contributed by atoms with Crippen LogP contribution in [0, 0.1) is 6.92 Å². The van der Waals surface area contributed by atoms with Gasteiger partial charge in [-0.05, 0) is 75.7 Å². The van der Waals surface area contributed by atoms with E-state index >= 15 is 0 Å². The molecule has 59 heavy (non-hydrogen) atoms. The van der Waals surface area contributed by atoms with E-state index in [0.717, 1.165) is 34.4 Å². The quantitative estimate of drug-likeness (QED) is 0.169. The molecular weight excluding hydrogens is 717 g/mol. The Kier molecular flexibility index (Phi) is 8.12. The summed E-state index contributed by atoms with van der Waals surface area (Å²) < 4.78 is 0. The Morgan fingerprint density at radius 1 is 0.305 bits per heavy atom. The summed E-state index contributed by atoms with van der Waals surface area (Å²) >= 11 is 0. The summed E-state index contributed by atoms with van der Waals surface area (Å²) in [4.78, 5) is 15.2. The van der Waals surface area contributed by atoms with Crippen LogP contribution in [-0.2, 0) is 10.8 Å². The fourth-order valence-electron chi connectivity index (χ4n) is 10.1. The van der Waals surface area contributed by atoms with Crippen LogP contribution < -0.4 is 9.80 Å². The van der Waals surface area contributed by atoms with E-state index in [4.69, 9.17) is 9.97 Å². The molecule has 4 heteroatoms. The first-order valence-electron chi connectivity index (χ1n) is 20.3. The summed E-state index contributed by atoms with van der Waals surface area (Å²) in [6.07, 6.45) is 0. The number of nitrogens with zero attached hydrogens (tertiary/aromatic N) is 4. The second kappa shape index (κ2) is 13.8. The van der Waals surface area contributed by atoms with E-state index in [2.05, 4.69) is 234 Å². The Morgan fingerprint density at radius 2 is 0.542 bits per heavy atom. The lowest BCUT2D eigenvalue weighted by atomic mass is 9.62. The van der Waals surface area contributed by atoms with E-state index in [-0.39, 0.29) is 0 Å². The first-order valence-corrected chi connectivity index (χ1v) is 20.3. The highest BCUT2D eigenvalue weighted by molar-refractivity contribution is 5.92. The molecule has 2 aliphatic heterocycles. The zero-order chi connectivity index (χ0) is 39.4. The Morgan fingerprint density at radius 3 is 0.814 bits per heavy atom. The number of aryl methyl sites for hydroxylation is 1. The molecule has 11 rings (SSSR count). The monoisotopic (exact) mass is 756 g/mol. The number of anilines is 6. The molecule has 0 radical (unpaired) electrons. The van der Waals surface area contributed by atoms with Crippen molar-refractivity contribution in [2.45, 2.75) is 17.8 Å². The molecule has 0 atom stereocenters. The van der Waals surface area contributed by atoms with Crippen molar-refractivity contribution in [1.29, 1.82) is 0 Å². The normalized spacial score (nSPS) is 14.4. The van der Waals surface area contributed by atoms with Crippen molar-refractivity contribution < 1.29 is 0 Å². The van der Waals surface area contributed by atoms with Crippen LogP contribution in [0.5, 0.6) is 0 Å². The van der Waals surface area contributed by atoms with Gasteiger partial charge in [0.1, 0.15) is 17.5 Å². The number of fused-ring (bicyclic) bond motifs is 4. The summed E-state index contributed by atoms with van der Waals surface area (Å²) in [7, 11) is 0. The molecule has 9 aromatic rings. The lowest BCUT2D eigenvalue weighted by Gasteiger charge is -2.47. The molecule has 0 fully saturated rings. The van der Waals surface area contributed by atoms with Crippen LogP contribution >= 0.6 is 0 Å². The molecule has 8 aromatic carbocycles. The van der Waals surface area contributed by atoms with Gasteiger partial charge < -0.3 is 0 Å². The number of para-hydroxylation sites is 4. The van der Waals surface area contributed by atoms with Gasteiger partial charge in [-0.15, -0.1) is 0 Å². The standard InChI is InChI=1S/C55H40N4/c1-39-56-52(58-48-34-18-14-30-44(48)54(40-22-6-2-7-23-40,41-24-8-3-9-25-41)45-31-15-19-35-49(45)58)38-53(57-39)59-50-36-20-16-32-46(50)55(42-26-10-4-11-27-42,43-28-12-5-13-29-43)47-33-17-21-37-51(47)59/h2-38H,1H3. The first-order chi connectivity index (χ1) is 29.2. The van der Waals surface area contributed by atoms with E-state index in [1.165, 1.54) is 44.5 Å². The average molecular weight is 757 g/mol. The smallest absolute Gasteiger partial charge is 0.143 e. The van der Waals surface area contributed by atoms with Gasteiger partial charge in [0.15, 0.2) is 0 Å². The van der Waals surface area contributed by atoms with E-state index in [9.17, 15) is 0 Å². The van der Waals surface area contributed by atoms with Gasteiger partial charge in [0.05, 0.1) is 33.6 Å². The van der Waals surface area contributed by atoms with Crippen molar-refractivity contribution in [2.24, 2.45) is 0 Å². The number of hydrogen-bond acceptors (Lipinski definition) is 4. The third-order valence-electron chi connectivity index (χ3n) is 12.3. The summed E-state index contributed by atoms with van der Waals surface area (Å²) in [6, 6.07) is 81.2. The van der Waals surface area contributed by atoms with Crippen molar-refractivity contribution in [1.82, 2.24) is 9.97 Å². The fourth-order valence-corrected chi connectivity index (χ4v) is 10.1. The first kappa shape index (κ1) is 34.7. The highest BCUT2D eigenvalue weighted by Gasteiger charge is 2.48. The molecule has 0 bridgehead atoms. The molecule has 0 unspecified atom stereocenters. The maximum absolute atomic E-state index is 5.27. The topological polar surface area (TPSA) is 32.3 Å². The molecule has 1 aromatic heterocycles. The fraction of sp³-hybridized carbons (Fsp3) is 0.0545. The minimum atomic E-state index is -0.569. The Bertz CT molecular complexity index is 2590. The van der Waals surface area contributed by atoms with Crippen molar-refractivity contribution in [3.63, 3.8) is 0 Å². The van der Waals surface area contributed by atoms with Gasteiger partial charge in [-0.25, -0.2) is 9.97 Å². The van der Waals surface area contributed by atoms with Gasteiger partial charge >= 0.3 is 0 Å². The predicted molar refractivity (Wildman–Crippen MR) is 240 cm³/mol. The second-order valence-electron chi connectivity index (χ2n) is 15.3. The molecule has 280 valence electrons. The zero-order valence-electron chi connectivity index (χ0n) is 32.7. The van der Waals surface area contributed by atoms with E-state index < -0.39 is 10.8 Å². The molecule has 0 saturated heterocycles. The molecule has 0 spiro atoms. The minimum absolute atomic E-state index is 0.569. The molecule has 0 saturated carbocycles. The van der Waals surface area contributed by atoms with Crippen LogP contribution in [0.4, 0.5) is 34.4 Å². The van der Waals surface area contributed by atoms with Gasteiger partial charge in [-0.1, -0.05) is 194 Å². The molecule has 2 aliphatic rings. The highest BCUT2D eigenvalue weighted by Crippen LogP contribution is 2.60. The van der Waals surface area contributed by atoms with Crippen LogP contribution in [-0.4, -0.2) is 9.97 Å². The summed E-state index contributed by atoms with van der Waals surface area (Å²) in [5.74, 6) is 2.30. The van der Waals surface area contributed by atoms with Gasteiger partial charge in [-0.3, -0.25) is 9.80 Å². The Hall–Kier alpha value is -7.56. The van der Waals surface area contributed by atoms with Crippen LogP contribution in [0.1, 0.15) is 50.3 Å². The average Bonchev–Trinajstić information content (AvgIpc) is 3.31. The van der Waals surface area contributed by atoms with Gasteiger partial charge in [0.2, 0.25) is 0 Å².